The molecule has 5 nitrogen and oxygen atoms in total. The number of rotatable bonds is 15. The average molecular weight is 459 g/mol. The Morgan fingerprint density at radius 1 is 0.939 bits per heavy atom. The molecule has 0 aromatic heterocycles. The number of esters is 1. The molecule has 1 aliphatic carbocycles. The minimum Gasteiger partial charge on any atom is -0.510 e. The van der Waals surface area contributed by atoms with Crippen LogP contribution >= 0.6 is 0 Å². The maximum atomic E-state index is 11.9. The Hall–Kier alpha value is -2.37. The molecule has 0 aliphatic heterocycles. The van der Waals surface area contributed by atoms with Gasteiger partial charge >= 0.3 is 5.97 Å². The molecule has 1 aliphatic rings. The number of aliphatic hydroxyl groups excluding tert-OH is 3. The van der Waals surface area contributed by atoms with Gasteiger partial charge in [0.05, 0.1) is 6.10 Å². The number of ether oxygens (including phenoxy) is 1. The van der Waals surface area contributed by atoms with Crippen molar-refractivity contribution in [2.75, 3.05) is 0 Å². The number of carbonyl (C=O) groups is 1. The lowest BCUT2D eigenvalue weighted by Gasteiger charge is -2.21. The standard InChI is InChI=1S/C28H42O5/c1-2-3-11-17-24(29)18-12-8-6-4-5-7-9-15-21-26(30)27(31)22-16-23-28(32)33-25-19-13-10-14-20-25/h3-9,11-12,18,22,24-26,29-31H,2,10,13-17,19-21,23H2,1H3/b5-4+,8-6-,9-7+,11-3-,18-12+,27-22+/t24-,26-/m1/s1. The lowest BCUT2D eigenvalue weighted by Crippen LogP contribution is -2.20. The van der Waals surface area contributed by atoms with Gasteiger partial charge in [0.25, 0.3) is 0 Å². The number of hydrogen-bond donors (Lipinski definition) is 3. The van der Waals surface area contributed by atoms with Crippen molar-refractivity contribution in [3.8, 4) is 0 Å². The Balaban J connectivity index is 2.16. The third kappa shape index (κ3) is 16.0. The first-order valence-corrected chi connectivity index (χ1v) is 12.3. The van der Waals surface area contributed by atoms with Crippen LogP contribution in [0.2, 0.25) is 0 Å². The molecule has 0 unspecified atom stereocenters. The normalized spacial score (nSPS) is 18.3. The Morgan fingerprint density at radius 3 is 2.36 bits per heavy atom. The molecule has 33 heavy (non-hydrogen) atoms. The van der Waals surface area contributed by atoms with E-state index in [0.717, 1.165) is 32.1 Å². The fourth-order valence-corrected chi connectivity index (χ4v) is 3.41. The van der Waals surface area contributed by atoms with Crippen molar-refractivity contribution >= 4 is 5.97 Å². The molecule has 3 N–H and O–H groups in total. The minimum atomic E-state index is -0.934. The summed E-state index contributed by atoms with van der Waals surface area (Å²) in [7, 11) is 0. The van der Waals surface area contributed by atoms with Gasteiger partial charge in [-0.05, 0) is 63.9 Å². The molecule has 184 valence electrons. The van der Waals surface area contributed by atoms with E-state index in [0.29, 0.717) is 25.7 Å². The van der Waals surface area contributed by atoms with Crippen LogP contribution < -0.4 is 0 Å². The molecule has 1 rings (SSSR count). The maximum Gasteiger partial charge on any atom is 0.306 e. The lowest BCUT2D eigenvalue weighted by atomic mass is 9.98. The van der Waals surface area contributed by atoms with Crippen molar-refractivity contribution in [2.45, 2.75) is 95.9 Å². The van der Waals surface area contributed by atoms with Crippen molar-refractivity contribution in [1.82, 2.24) is 0 Å². The molecular formula is C28H42O5. The van der Waals surface area contributed by atoms with Crippen LogP contribution in [0.3, 0.4) is 0 Å². The molecule has 0 spiro atoms. The molecule has 0 heterocycles. The van der Waals surface area contributed by atoms with Crippen LogP contribution in [0.1, 0.15) is 77.6 Å². The number of carbonyl (C=O) groups excluding carboxylic acids is 1. The van der Waals surface area contributed by atoms with Gasteiger partial charge in [-0.1, -0.05) is 74.1 Å². The first-order valence-electron chi connectivity index (χ1n) is 12.3. The van der Waals surface area contributed by atoms with Crippen molar-refractivity contribution in [3.05, 3.63) is 72.6 Å². The fourth-order valence-electron chi connectivity index (χ4n) is 3.41. The summed E-state index contributed by atoms with van der Waals surface area (Å²) in [5.74, 6) is -0.327. The van der Waals surface area contributed by atoms with Crippen molar-refractivity contribution in [3.63, 3.8) is 0 Å². The Labute approximate surface area is 199 Å². The van der Waals surface area contributed by atoms with E-state index in [9.17, 15) is 20.1 Å². The van der Waals surface area contributed by atoms with E-state index in [-0.39, 0.29) is 24.3 Å². The van der Waals surface area contributed by atoms with Crippen LogP contribution in [0.25, 0.3) is 0 Å². The van der Waals surface area contributed by atoms with E-state index < -0.39 is 12.2 Å². The summed E-state index contributed by atoms with van der Waals surface area (Å²) >= 11 is 0. The Bertz CT molecular complexity index is 693. The summed E-state index contributed by atoms with van der Waals surface area (Å²) in [6.07, 6.45) is 27.6. The molecule has 0 radical (unpaired) electrons. The van der Waals surface area contributed by atoms with Gasteiger partial charge in [0.1, 0.15) is 18.0 Å². The summed E-state index contributed by atoms with van der Waals surface area (Å²) < 4.78 is 5.45. The second-order valence-corrected chi connectivity index (χ2v) is 8.28. The molecule has 0 aromatic rings. The predicted octanol–water partition coefficient (Wildman–Crippen LogP) is 6.17. The van der Waals surface area contributed by atoms with Gasteiger partial charge in [-0.2, -0.15) is 0 Å². The fraction of sp³-hybridized carbons (Fsp3) is 0.536. The van der Waals surface area contributed by atoms with Crippen LogP contribution in [0.15, 0.2) is 72.6 Å². The third-order valence-corrected chi connectivity index (χ3v) is 5.31. The van der Waals surface area contributed by atoms with Gasteiger partial charge < -0.3 is 20.1 Å². The Kier molecular flexibility index (Phi) is 16.6. The summed E-state index contributed by atoms with van der Waals surface area (Å²) in [5.41, 5.74) is 0. The minimum absolute atomic E-state index is 0.0492. The van der Waals surface area contributed by atoms with Crippen molar-refractivity contribution in [2.24, 2.45) is 0 Å². The van der Waals surface area contributed by atoms with Crippen molar-refractivity contribution in [1.29, 1.82) is 0 Å². The highest BCUT2D eigenvalue weighted by molar-refractivity contribution is 5.69. The summed E-state index contributed by atoms with van der Waals surface area (Å²) in [6, 6.07) is 0. The molecule has 2 atom stereocenters. The SMILES string of the molecule is CC/C=C\C[C@@H](O)/C=C/C=C\C=C\C=C\CC[C@@H](O)/C(O)=C\CCC(=O)OC1CCCCC1. The maximum absolute atomic E-state index is 11.9. The topological polar surface area (TPSA) is 87.0 Å². The quantitative estimate of drug-likeness (QED) is 0.118. The van der Waals surface area contributed by atoms with Gasteiger partial charge in [-0.3, -0.25) is 4.79 Å². The summed E-state index contributed by atoms with van der Waals surface area (Å²) in [6.45, 7) is 2.06. The highest BCUT2D eigenvalue weighted by Gasteiger charge is 2.17. The molecule has 1 fully saturated rings. The third-order valence-electron chi connectivity index (χ3n) is 5.31. The summed E-state index contributed by atoms with van der Waals surface area (Å²) in [5, 5.41) is 29.7. The van der Waals surface area contributed by atoms with Crippen molar-refractivity contribution < 1.29 is 24.9 Å². The zero-order valence-electron chi connectivity index (χ0n) is 20.0. The largest absolute Gasteiger partial charge is 0.510 e. The molecule has 0 amide bonds. The van der Waals surface area contributed by atoms with Crippen LogP contribution in [0.5, 0.6) is 0 Å². The first kappa shape index (κ1) is 28.7. The smallest absolute Gasteiger partial charge is 0.306 e. The molecule has 1 saturated carbocycles. The Morgan fingerprint density at radius 2 is 1.64 bits per heavy atom. The highest BCUT2D eigenvalue weighted by atomic mass is 16.5. The average Bonchev–Trinajstić information content (AvgIpc) is 2.80. The summed E-state index contributed by atoms with van der Waals surface area (Å²) in [4.78, 5) is 11.9. The van der Waals surface area contributed by atoms with E-state index in [4.69, 9.17) is 4.74 Å². The van der Waals surface area contributed by atoms with E-state index in [1.807, 2.05) is 54.7 Å². The molecule has 0 saturated heterocycles. The number of aliphatic hydroxyl groups is 3. The zero-order valence-corrected chi connectivity index (χ0v) is 20.0. The van der Waals surface area contributed by atoms with Crippen LogP contribution in [0, 0.1) is 0 Å². The highest BCUT2D eigenvalue weighted by Crippen LogP contribution is 2.21. The number of hydrogen-bond acceptors (Lipinski definition) is 5. The molecule has 0 bridgehead atoms. The second-order valence-electron chi connectivity index (χ2n) is 8.28. The van der Waals surface area contributed by atoms with Gasteiger partial charge in [-0.15, -0.1) is 0 Å². The molecular weight excluding hydrogens is 416 g/mol. The molecule has 0 aromatic carbocycles. The molecule has 5 heteroatoms. The predicted molar refractivity (Wildman–Crippen MR) is 135 cm³/mol. The zero-order chi connectivity index (χ0) is 24.2. The van der Waals surface area contributed by atoms with E-state index in [2.05, 4.69) is 6.92 Å². The number of allylic oxidation sites excluding steroid dienone is 9. The van der Waals surface area contributed by atoms with Gasteiger partial charge in [0, 0.05) is 6.42 Å². The monoisotopic (exact) mass is 458 g/mol. The van der Waals surface area contributed by atoms with Gasteiger partial charge in [-0.25, -0.2) is 0 Å². The van der Waals surface area contributed by atoms with Crippen LogP contribution in [0.4, 0.5) is 0 Å². The van der Waals surface area contributed by atoms with Crippen LogP contribution in [-0.2, 0) is 9.53 Å². The first-order chi connectivity index (χ1) is 16.0. The van der Waals surface area contributed by atoms with E-state index in [1.54, 1.807) is 6.08 Å². The lowest BCUT2D eigenvalue weighted by molar-refractivity contribution is -0.150. The van der Waals surface area contributed by atoms with Gasteiger partial charge in [0.15, 0.2) is 0 Å². The van der Waals surface area contributed by atoms with E-state index >= 15 is 0 Å². The van der Waals surface area contributed by atoms with Crippen LogP contribution in [-0.4, -0.2) is 39.6 Å². The van der Waals surface area contributed by atoms with Gasteiger partial charge in [0.2, 0.25) is 0 Å². The second kappa shape index (κ2) is 19.1. The van der Waals surface area contributed by atoms with E-state index in [1.165, 1.54) is 12.5 Å².